The highest BCUT2D eigenvalue weighted by Gasteiger charge is 2.26. The van der Waals surface area contributed by atoms with Gasteiger partial charge in [0.2, 0.25) is 0 Å². The molecule has 19 heavy (non-hydrogen) atoms. The molecule has 0 aliphatic carbocycles. The monoisotopic (exact) mass is 259 g/mol. The highest BCUT2D eigenvalue weighted by Crippen LogP contribution is 2.22. The lowest BCUT2D eigenvalue weighted by atomic mass is 10.00. The lowest BCUT2D eigenvalue weighted by Crippen LogP contribution is -2.33. The first-order chi connectivity index (χ1) is 9.24. The number of nitrogens with one attached hydrogen (secondary N) is 1. The molecule has 1 amide bonds. The van der Waals surface area contributed by atoms with E-state index in [0.29, 0.717) is 23.7 Å². The average Bonchev–Trinajstić information content (AvgIpc) is 2.92. The Morgan fingerprint density at radius 2 is 2.47 bits per heavy atom. The number of hydrogen-bond donors (Lipinski definition) is 1. The molecule has 0 radical (unpaired) electrons. The molecular formula is C14H17N3O2. The van der Waals surface area contributed by atoms with Crippen molar-refractivity contribution in [3.8, 4) is 6.07 Å². The number of carbonyl (C=O) groups excluding carboxylic acids is 1. The average molecular weight is 259 g/mol. The fourth-order valence-corrected chi connectivity index (χ4v) is 2.29. The summed E-state index contributed by atoms with van der Waals surface area (Å²) in [5.74, 6) is 0.179. The predicted octanol–water partition coefficient (Wildman–Crippen LogP) is 1.50. The second-order valence-electron chi connectivity index (χ2n) is 4.62. The Balaban J connectivity index is 1.88. The van der Waals surface area contributed by atoms with Gasteiger partial charge in [0.25, 0.3) is 5.91 Å². The van der Waals surface area contributed by atoms with E-state index in [1.54, 1.807) is 12.1 Å². The Labute approximate surface area is 112 Å². The molecule has 1 aromatic rings. The van der Waals surface area contributed by atoms with Crippen LogP contribution in [0.5, 0.6) is 0 Å². The van der Waals surface area contributed by atoms with Crippen LogP contribution in [0.2, 0.25) is 0 Å². The van der Waals surface area contributed by atoms with Crippen molar-refractivity contribution in [1.29, 1.82) is 5.26 Å². The van der Waals surface area contributed by atoms with E-state index < -0.39 is 0 Å². The molecule has 0 spiro atoms. The zero-order valence-corrected chi connectivity index (χ0v) is 10.9. The van der Waals surface area contributed by atoms with Gasteiger partial charge in [0.05, 0.1) is 11.7 Å². The first kappa shape index (κ1) is 13.5. The molecular weight excluding hydrogens is 242 g/mol. The number of carbonyl (C=O) groups is 1. The highest BCUT2D eigenvalue weighted by molar-refractivity contribution is 5.92. The molecule has 0 saturated carbocycles. The zero-order chi connectivity index (χ0) is 13.7. The van der Waals surface area contributed by atoms with E-state index in [2.05, 4.69) is 17.2 Å². The van der Waals surface area contributed by atoms with Gasteiger partial charge in [0.15, 0.2) is 0 Å². The van der Waals surface area contributed by atoms with Gasteiger partial charge in [-0.05, 0) is 25.0 Å². The lowest BCUT2D eigenvalue weighted by molar-refractivity contribution is 0.0825. The molecule has 0 bridgehead atoms. The summed E-state index contributed by atoms with van der Waals surface area (Å²) in [6.45, 7) is 3.47. The van der Waals surface area contributed by atoms with Crippen LogP contribution in [0.3, 0.4) is 0 Å². The van der Waals surface area contributed by atoms with E-state index in [1.165, 1.54) is 6.20 Å². The maximum atomic E-state index is 11.9. The van der Waals surface area contributed by atoms with Crippen LogP contribution in [0.25, 0.3) is 0 Å². The molecule has 1 aliphatic rings. The minimum Gasteiger partial charge on any atom is -0.378 e. The maximum absolute atomic E-state index is 11.9. The number of aromatic nitrogens is 1. The van der Waals surface area contributed by atoms with E-state index in [-0.39, 0.29) is 12.0 Å². The maximum Gasteiger partial charge on any atom is 0.269 e. The molecule has 0 aromatic carbocycles. The van der Waals surface area contributed by atoms with Crippen LogP contribution in [-0.2, 0) is 4.74 Å². The van der Waals surface area contributed by atoms with E-state index in [9.17, 15) is 4.79 Å². The van der Waals surface area contributed by atoms with Crippen molar-refractivity contribution in [2.24, 2.45) is 5.92 Å². The van der Waals surface area contributed by atoms with E-state index in [0.717, 1.165) is 19.4 Å². The first-order valence-corrected chi connectivity index (χ1v) is 6.50. The number of rotatable bonds is 4. The number of nitrogens with zero attached hydrogens (tertiary/aromatic N) is 2. The van der Waals surface area contributed by atoms with Crippen molar-refractivity contribution >= 4 is 5.91 Å². The third kappa shape index (κ3) is 3.30. The van der Waals surface area contributed by atoms with Gasteiger partial charge in [-0.15, -0.1) is 0 Å². The molecule has 2 unspecified atom stereocenters. The van der Waals surface area contributed by atoms with Crippen molar-refractivity contribution < 1.29 is 9.53 Å². The summed E-state index contributed by atoms with van der Waals surface area (Å²) in [5.41, 5.74) is 0.790. The second-order valence-corrected chi connectivity index (χ2v) is 4.62. The van der Waals surface area contributed by atoms with Crippen molar-refractivity contribution in [2.45, 2.75) is 25.9 Å². The number of hydrogen-bond acceptors (Lipinski definition) is 4. The summed E-state index contributed by atoms with van der Waals surface area (Å²) in [5, 5.41) is 11.5. The summed E-state index contributed by atoms with van der Waals surface area (Å²) in [6, 6.07) is 5.13. The van der Waals surface area contributed by atoms with Crippen molar-refractivity contribution in [3.63, 3.8) is 0 Å². The fourth-order valence-electron chi connectivity index (χ4n) is 2.29. The van der Waals surface area contributed by atoms with Gasteiger partial charge >= 0.3 is 0 Å². The van der Waals surface area contributed by atoms with Crippen LogP contribution in [0, 0.1) is 17.2 Å². The summed E-state index contributed by atoms with van der Waals surface area (Å²) >= 11 is 0. The first-order valence-electron chi connectivity index (χ1n) is 6.50. The second kappa shape index (κ2) is 6.30. The van der Waals surface area contributed by atoms with Crippen molar-refractivity contribution in [1.82, 2.24) is 10.3 Å². The molecule has 1 N–H and O–H groups in total. The molecule has 1 saturated heterocycles. The van der Waals surface area contributed by atoms with Gasteiger partial charge in [-0.3, -0.25) is 4.79 Å². The highest BCUT2D eigenvalue weighted by atomic mass is 16.5. The van der Waals surface area contributed by atoms with E-state index >= 15 is 0 Å². The quantitative estimate of drug-likeness (QED) is 0.889. The standard InChI is InChI=1S/C14H17N3O2/c1-2-13-11(5-6-19-13)9-17-14(18)12-4-3-10(7-15)8-16-12/h3-4,8,11,13H,2,5-6,9H2,1H3,(H,17,18). The fraction of sp³-hybridized carbons (Fsp3) is 0.500. The van der Waals surface area contributed by atoms with Crippen LogP contribution >= 0.6 is 0 Å². The van der Waals surface area contributed by atoms with Gasteiger partial charge in [-0.2, -0.15) is 5.26 Å². The SMILES string of the molecule is CCC1OCCC1CNC(=O)c1ccc(C#N)cn1. The summed E-state index contributed by atoms with van der Waals surface area (Å²) in [6.07, 6.45) is 3.60. The Kier molecular flexibility index (Phi) is 4.48. The molecule has 1 fully saturated rings. The summed E-state index contributed by atoms with van der Waals surface area (Å²) < 4.78 is 5.58. The van der Waals surface area contributed by atoms with Gasteiger partial charge in [-0.1, -0.05) is 6.92 Å². The number of pyridine rings is 1. The van der Waals surface area contributed by atoms with Crippen LogP contribution < -0.4 is 5.32 Å². The van der Waals surface area contributed by atoms with Gasteiger partial charge in [0, 0.05) is 25.3 Å². The molecule has 1 aliphatic heterocycles. The Morgan fingerprint density at radius 3 is 3.11 bits per heavy atom. The lowest BCUT2D eigenvalue weighted by Gasteiger charge is -2.17. The van der Waals surface area contributed by atoms with Gasteiger partial charge in [-0.25, -0.2) is 4.98 Å². The summed E-state index contributed by atoms with van der Waals surface area (Å²) in [7, 11) is 0. The molecule has 2 heterocycles. The smallest absolute Gasteiger partial charge is 0.269 e. The van der Waals surface area contributed by atoms with Gasteiger partial charge in [0.1, 0.15) is 11.8 Å². The van der Waals surface area contributed by atoms with Crippen molar-refractivity contribution in [3.05, 3.63) is 29.6 Å². The molecule has 2 atom stereocenters. The predicted molar refractivity (Wildman–Crippen MR) is 69.4 cm³/mol. The molecule has 1 aromatic heterocycles. The minimum atomic E-state index is -0.203. The summed E-state index contributed by atoms with van der Waals surface area (Å²) in [4.78, 5) is 15.9. The normalized spacial score (nSPS) is 21.9. The molecule has 100 valence electrons. The third-order valence-corrected chi connectivity index (χ3v) is 3.40. The van der Waals surface area contributed by atoms with Gasteiger partial charge < -0.3 is 10.1 Å². The topological polar surface area (TPSA) is 75.0 Å². The van der Waals surface area contributed by atoms with E-state index in [1.807, 2.05) is 6.07 Å². The molecule has 2 rings (SSSR count). The minimum absolute atomic E-state index is 0.203. The van der Waals surface area contributed by atoms with E-state index in [4.69, 9.17) is 10.00 Å². The number of nitriles is 1. The number of amides is 1. The zero-order valence-electron chi connectivity index (χ0n) is 10.9. The van der Waals surface area contributed by atoms with Crippen LogP contribution in [0.4, 0.5) is 0 Å². The third-order valence-electron chi connectivity index (χ3n) is 3.40. The molecule has 5 heteroatoms. The Hall–Kier alpha value is -1.93. The Bertz CT molecular complexity index is 478. The molecule has 5 nitrogen and oxygen atoms in total. The largest absolute Gasteiger partial charge is 0.378 e. The number of ether oxygens (including phenoxy) is 1. The van der Waals surface area contributed by atoms with Crippen LogP contribution in [0.15, 0.2) is 18.3 Å². The van der Waals surface area contributed by atoms with Crippen LogP contribution in [0.1, 0.15) is 35.8 Å². The Morgan fingerprint density at radius 1 is 1.63 bits per heavy atom. The van der Waals surface area contributed by atoms with Crippen LogP contribution in [-0.4, -0.2) is 30.1 Å². The van der Waals surface area contributed by atoms with Crippen molar-refractivity contribution in [2.75, 3.05) is 13.2 Å².